The molecule has 0 amide bonds. The lowest BCUT2D eigenvalue weighted by molar-refractivity contribution is -0.154. The van der Waals surface area contributed by atoms with Gasteiger partial charge in [0.1, 0.15) is 0 Å². The SMILES string of the molecule is CC.CC(C)c1ccc(OCC(F)(F)F)[nH]1. The standard InChI is InChI=1S/C9H12F3NO.C2H6/c1-6(2)7-3-4-8(13-7)14-5-9(10,11)12;1-2/h3-4,6,13H,5H2,1-2H3;1-2H3. The van der Waals surface area contributed by atoms with Crippen LogP contribution in [0.4, 0.5) is 13.2 Å². The Labute approximate surface area is 93.8 Å². The van der Waals surface area contributed by atoms with Gasteiger partial charge in [0.15, 0.2) is 12.5 Å². The maximum atomic E-state index is 11.8. The van der Waals surface area contributed by atoms with E-state index in [9.17, 15) is 13.2 Å². The van der Waals surface area contributed by atoms with Crippen molar-refractivity contribution >= 4 is 0 Å². The highest BCUT2D eigenvalue weighted by atomic mass is 19.4. The van der Waals surface area contributed by atoms with Gasteiger partial charge in [0.2, 0.25) is 0 Å². The summed E-state index contributed by atoms with van der Waals surface area (Å²) in [6.45, 7) is 6.63. The van der Waals surface area contributed by atoms with E-state index in [4.69, 9.17) is 0 Å². The molecule has 5 heteroatoms. The molecule has 0 bridgehead atoms. The Balaban J connectivity index is 0.00000106. The number of nitrogens with one attached hydrogen (secondary N) is 1. The number of aromatic nitrogens is 1. The molecule has 0 aliphatic rings. The fourth-order valence-corrected chi connectivity index (χ4v) is 0.972. The van der Waals surface area contributed by atoms with Crippen molar-refractivity contribution in [1.29, 1.82) is 0 Å². The number of hydrogen-bond donors (Lipinski definition) is 1. The molecule has 0 aromatic carbocycles. The van der Waals surface area contributed by atoms with Gasteiger partial charge < -0.3 is 9.72 Å². The van der Waals surface area contributed by atoms with Crippen molar-refractivity contribution in [2.24, 2.45) is 0 Å². The summed E-state index contributed by atoms with van der Waals surface area (Å²) in [5.41, 5.74) is 0.863. The zero-order valence-corrected chi connectivity index (χ0v) is 9.98. The molecule has 0 atom stereocenters. The molecule has 1 aromatic heterocycles. The summed E-state index contributed by atoms with van der Waals surface area (Å²) < 4.78 is 39.8. The molecule has 0 unspecified atom stereocenters. The number of alkyl halides is 3. The third-order valence-electron chi connectivity index (χ3n) is 1.70. The predicted molar refractivity (Wildman–Crippen MR) is 57.8 cm³/mol. The van der Waals surface area contributed by atoms with Crippen LogP contribution in [0.3, 0.4) is 0 Å². The van der Waals surface area contributed by atoms with Gasteiger partial charge in [-0.05, 0) is 18.1 Å². The lowest BCUT2D eigenvalue weighted by Crippen LogP contribution is -2.19. The van der Waals surface area contributed by atoms with Gasteiger partial charge in [-0.25, -0.2) is 0 Å². The predicted octanol–water partition coefficient (Wildman–Crippen LogP) is 4.11. The highest BCUT2D eigenvalue weighted by Crippen LogP contribution is 2.20. The smallest absolute Gasteiger partial charge is 0.422 e. The third kappa shape index (κ3) is 5.68. The molecule has 0 saturated carbocycles. The normalized spacial score (nSPS) is 11.0. The summed E-state index contributed by atoms with van der Waals surface area (Å²) in [7, 11) is 0. The summed E-state index contributed by atoms with van der Waals surface area (Å²) in [6.07, 6.45) is -4.29. The first-order valence-electron chi connectivity index (χ1n) is 5.27. The summed E-state index contributed by atoms with van der Waals surface area (Å²) in [5.74, 6) is 0.407. The molecule has 0 radical (unpaired) electrons. The zero-order valence-electron chi connectivity index (χ0n) is 9.98. The number of halogens is 3. The minimum atomic E-state index is -4.29. The van der Waals surface area contributed by atoms with Crippen molar-refractivity contribution in [1.82, 2.24) is 4.98 Å². The van der Waals surface area contributed by atoms with Crippen LogP contribution in [0.15, 0.2) is 12.1 Å². The number of ether oxygens (including phenoxy) is 1. The summed E-state index contributed by atoms with van der Waals surface area (Å²) in [6, 6.07) is 3.22. The van der Waals surface area contributed by atoms with E-state index in [0.717, 1.165) is 5.69 Å². The van der Waals surface area contributed by atoms with Gasteiger partial charge in [-0.15, -0.1) is 0 Å². The molecule has 0 aliphatic carbocycles. The van der Waals surface area contributed by atoms with Crippen molar-refractivity contribution in [2.45, 2.75) is 39.8 Å². The van der Waals surface area contributed by atoms with Gasteiger partial charge in [0.25, 0.3) is 0 Å². The molecule has 1 rings (SSSR count). The molecular formula is C11H18F3NO. The highest BCUT2D eigenvalue weighted by Gasteiger charge is 2.28. The van der Waals surface area contributed by atoms with Crippen molar-refractivity contribution in [3.63, 3.8) is 0 Å². The number of hydrogen-bond acceptors (Lipinski definition) is 1. The van der Waals surface area contributed by atoms with Crippen LogP contribution in [-0.2, 0) is 0 Å². The van der Waals surface area contributed by atoms with Crippen LogP contribution < -0.4 is 4.74 Å². The number of rotatable bonds is 3. The maximum absolute atomic E-state index is 11.8. The minimum Gasteiger partial charge on any atom is -0.469 e. The maximum Gasteiger partial charge on any atom is 0.422 e. The quantitative estimate of drug-likeness (QED) is 0.840. The summed E-state index contributed by atoms with van der Waals surface area (Å²) >= 11 is 0. The van der Waals surface area contributed by atoms with Crippen LogP contribution in [0.1, 0.15) is 39.3 Å². The van der Waals surface area contributed by atoms with Gasteiger partial charge in [0.05, 0.1) is 0 Å². The van der Waals surface area contributed by atoms with E-state index < -0.39 is 12.8 Å². The van der Waals surface area contributed by atoms with Crippen LogP contribution in [0.25, 0.3) is 0 Å². The molecule has 2 nitrogen and oxygen atoms in total. The topological polar surface area (TPSA) is 25.0 Å². The van der Waals surface area contributed by atoms with E-state index in [0.29, 0.717) is 0 Å². The minimum absolute atomic E-state index is 0.158. The summed E-state index contributed by atoms with van der Waals surface area (Å²) in [4.78, 5) is 2.76. The molecule has 0 fully saturated rings. The number of aromatic amines is 1. The van der Waals surface area contributed by atoms with Gasteiger partial charge in [-0.3, -0.25) is 0 Å². The molecule has 0 saturated heterocycles. The van der Waals surface area contributed by atoms with E-state index >= 15 is 0 Å². The Morgan fingerprint density at radius 2 is 1.81 bits per heavy atom. The van der Waals surface area contributed by atoms with Gasteiger partial charge in [-0.2, -0.15) is 13.2 Å². The molecule has 94 valence electrons. The second-order valence-corrected chi connectivity index (χ2v) is 3.34. The second kappa shape index (κ2) is 6.45. The van der Waals surface area contributed by atoms with Gasteiger partial charge >= 0.3 is 6.18 Å². The van der Waals surface area contributed by atoms with E-state index in [1.807, 2.05) is 27.7 Å². The largest absolute Gasteiger partial charge is 0.469 e. The monoisotopic (exact) mass is 237 g/mol. The Morgan fingerprint density at radius 3 is 2.19 bits per heavy atom. The fourth-order valence-electron chi connectivity index (χ4n) is 0.972. The van der Waals surface area contributed by atoms with E-state index in [2.05, 4.69) is 9.72 Å². The molecule has 1 heterocycles. The van der Waals surface area contributed by atoms with E-state index in [1.54, 1.807) is 6.07 Å². The van der Waals surface area contributed by atoms with Crippen molar-refractivity contribution in [2.75, 3.05) is 6.61 Å². The fraction of sp³-hybridized carbons (Fsp3) is 0.636. The van der Waals surface area contributed by atoms with Crippen LogP contribution in [0.2, 0.25) is 0 Å². The summed E-state index contributed by atoms with van der Waals surface area (Å²) in [5, 5.41) is 0. The van der Waals surface area contributed by atoms with Gasteiger partial charge in [0, 0.05) is 5.69 Å². The molecule has 0 spiro atoms. The molecular weight excluding hydrogens is 219 g/mol. The van der Waals surface area contributed by atoms with Crippen LogP contribution in [0.5, 0.6) is 5.88 Å². The molecule has 0 aliphatic heterocycles. The molecule has 1 N–H and O–H groups in total. The Hall–Kier alpha value is -1.13. The third-order valence-corrected chi connectivity index (χ3v) is 1.70. The van der Waals surface area contributed by atoms with Crippen LogP contribution >= 0.6 is 0 Å². The van der Waals surface area contributed by atoms with Gasteiger partial charge in [-0.1, -0.05) is 27.7 Å². The average molecular weight is 237 g/mol. The second-order valence-electron chi connectivity index (χ2n) is 3.34. The van der Waals surface area contributed by atoms with Crippen LogP contribution in [-0.4, -0.2) is 17.8 Å². The van der Waals surface area contributed by atoms with Crippen molar-refractivity contribution < 1.29 is 17.9 Å². The Kier molecular flexibility index (Phi) is 6.00. The lowest BCUT2D eigenvalue weighted by atomic mass is 10.1. The first-order chi connectivity index (χ1) is 7.38. The molecule has 16 heavy (non-hydrogen) atoms. The van der Waals surface area contributed by atoms with E-state index in [-0.39, 0.29) is 11.8 Å². The average Bonchev–Trinajstić information content (AvgIpc) is 2.65. The highest BCUT2D eigenvalue weighted by molar-refractivity contribution is 5.20. The van der Waals surface area contributed by atoms with Crippen molar-refractivity contribution in [3.8, 4) is 5.88 Å². The number of H-pyrrole nitrogens is 1. The lowest BCUT2D eigenvalue weighted by Gasteiger charge is -2.07. The molecule has 1 aromatic rings. The first-order valence-corrected chi connectivity index (χ1v) is 5.27. The Bertz CT molecular complexity index is 292. The van der Waals surface area contributed by atoms with Crippen molar-refractivity contribution in [3.05, 3.63) is 17.8 Å². The zero-order chi connectivity index (χ0) is 12.8. The van der Waals surface area contributed by atoms with Crippen LogP contribution in [0, 0.1) is 0 Å². The first kappa shape index (κ1) is 14.9. The Morgan fingerprint density at radius 1 is 1.25 bits per heavy atom. The van der Waals surface area contributed by atoms with E-state index in [1.165, 1.54) is 6.07 Å².